The number of aryl methyl sites for hydroxylation is 2. The Labute approximate surface area is 137 Å². The van der Waals surface area contributed by atoms with Crippen LogP contribution in [0.2, 0.25) is 0 Å². The molecule has 0 spiro atoms. The lowest BCUT2D eigenvalue weighted by Crippen LogP contribution is -2.35. The summed E-state index contributed by atoms with van der Waals surface area (Å²) in [7, 11) is 1.90. The molecule has 1 aliphatic rings. The summed E-state index contributed by atoms with van der Waals surface area (Å²) in [6, 6.07) is 8.32. The molecule has 1 aliphatic heterocycles. The van der Waals surface area contributed by atoms with Gasteiger partial charge in [-0.05, 0) is 25.0 Å². The largest absolute Gasteiger partial charge is 0.349 e. The molecule has 3 rings (SSSR count). The second-order valence-electron chi connectivity index (χ2n) is 6.46. The highest BCUT2D eigenvalue weighted by atomic mass is 16.2. The minimum atomic E-state index is -0.0490. The molecule has 1 amide bonds. The van der Waals surface area contributed by atoms with Gasteiger partial charge in [-0.3, -0.25) is 9.48 Å². The van der Waals surface area contributed by atoms with Gasteiger partial charge in [0.1, 0.15) is 0 Å². The predicted molar refractivity (Wildman–Crippen MR) is 90.0 cm³/mol. The summed E-state index contributed by atoms with van der Waals surface area (Å²) in [6.45, 7) is 5.63. The van der Waals surface area contributed by atoms with Gasteiger partial charge in [0.15, 0.2) is 0 Å². The van der Waals surface area contributed by atoms with Gasteiger partial charge in [-0.1, -0.05) is 29.8 Å². The first-order valence-corrected chi connectivity index (χ1v) is 8.11. The highest BCUT2D eigenvalue weighted by molar-refractivity contribution is 5.81. The Morgan fingerprint density at radius 2 is 2.09 bits per heavy atom. The number of amides is 1. The SMILES string of the molecule is Cc1ccc(C(C)NC(=O)[C@H]2CNC[C@@H]2c2cnn(C)c2)cc1. The molecule has 0 bridgehead atoms. The number of rotatable bonds is 4. The zero-order chi connectivity index (χ0) is 16.4. The zero-order valence-corrected chi connectivity index (χ0v) is 13.9. The van der Waals surface area contributed by atoms with Crippen LogP contribution in [0.15, 0.2) is 36.7 Å². The molecular formula is C18H24N4O. The van der Waals surface area contributed by atoms with E-state index in [0.717, 1.165) is 17.7 Å². The summed E-state index contributed by atoms with van der Waals surface area (Å²) in [5.41, 5.74) is 3.48. The zero-order valence-electron chi connectivity index (χ0n) is 13.9. The van der Waals surface area contributed by atoms with Gasteiger partial charge in [0.2, 0.25) is 5.91 Å². The molecule has 0 aliphatic carbocycles. The van der Waals surface area contributed by atoms with Crippen LogP contribution >= 0.6 is 0 Å². The monoisotopic (exact) mass is 312 g/mol. The Morgan fingerprint density at radius 3 is 2.74 bits per heavy atom. The molecule has 1 unspecified atom stereocenters. The van der Waals surface area contributed by atoms with Crippen LogP contribution in [0, 0.1) is 12.8 Å². The maximum Gasteiger partial charge on any atom is 0.225 e. The van der Waals surface area contributed by atoms with Gasteiger partial charge in [-0.2, -0.15) is 5.10 Å². The Balaban J connectivity index is 1.68. The van der Waals surface area contributed by atoms with Gasteiger partial charge in [0, 0.05) is 32.3 Å². The van der Waals surface area contributed by atoms with E-state index < -0.39 is 0 Å². The Morgan fingerprint density at radius 1 is 1.35 bits per heavy atom. The van der Waals surface area contributed by atoms with E-state index in [0.29, 0.717) is 6.54 Å². The molecule has 122 valence electrons. The molecule has 1 fully saturated rings. The van der Waals surface area contributed by atoms with Gasteiger partial charge in [0.25, 0.3) is 0 Å². The molecule has 2 aromatic rings. The third-order valence-corrected chi connectivity index (χ3v) is 4.64. The minimum Gasteiger partial charge on any atom is -0.349 e. The van der Waals surface area contributed by atoms with E-state index in [2.05, 4.69) is 46.9 Å². The minimum absolute atomic E-state index is 0.0123. The van der Waals surface area contributed by atoms with E-state index in [-0.39, 0.29) is 23.8 Å². The van der Waals surface area contributed by atoms with Gasteiger partial charge in [-0.25, -0.2) is 0 Å². The summed E-state index contributed by atoms with van der Waals surface area (Å²) < 4.78 is 1.79. The van der Waals surface area contributed by atoms with Gasteiger partial charge in [0.05, 0.1) is 18.2 Å². The maximum absolute atomic E-state index is 12.7. The quantitative estimate of drug-likeness (QED) is 0.906. The highest BCUT2D eigenvalue weighted by Gasteiger charge is 2.35. The molecule has 5 heteroatoms. The molecule has 2 N–H and O–H groups in total. The third-order valence-electron chi connectivity index (χ3n) is 4.64. The molecule has 3 atom stereocenters. The highest BCUT2D eigenvalue weighted by Crippen LogP contribution is 2.28. The van der Waals surface area contributed by atoms with Crippen molar-refractivity contribution in [3.63, 3.8) is 0 Å². The number of hydrogen-bond donors (Lipinski definition) is 2. The number of nitrogens with zero attached hydrogens (tertiary/aromatic N) is 2. The van der Waals surface area contributed by atoms with Crippen LogP contribution in [0.3, 0.4) is 0 Å². The van der Waals surface area contributed by atoms with Gasteiger partial charge >= 0.3 is 0 Å². The number of benzene rings is 1. The van der Waals surface area contributed by atoms with E-state index >= 15 is 0 Å². The molecule has 23 heavy (non-hydrogen) atoms. The van der Waals surface area contributed by atoms with E-state index in [1.165, 1.54) is 5.56 Å². The van der Waals surface area contributed by atoms with E-state index in [4.69, 9.17) is 0 Å². The Kier molecular flexibility index (Phi) is 4.48. The van der Waals surface area contributed by atoms with Crippen LogP contribution in [-0.4, -0.2) is 28.8 Å². The van der Waals surface area contributed by atoms with Crippen molar-refractivity contribution in [2.75, 3.05) is 13.1 Å². The fourth-order valence-electron chi connectivity index (χ4n) is 3.19. The van der Waals surface area contributed by atoms with Gasteiger partial charge in [-0.15, -0.1) is 0 Å². The van der Waals surface area contributed by atoms with Crippen molar-refractivity contribution in [1.82, 2.24) is 20.4 Å². The summed E-state index contributed by atoms with van der Waals surface area (Å²) in [6.07, 6.45) is 3.86. The smallest absolute Gasteiger partial charge is 0.225 e. The van der Waals surface area contributed by atoms with E-state index in [1.807, 2.05) is 26.4 Å². The van der Waals surface area contributed by atoms with Crippen molar-refractivity contribution >= 4 is 5.91 Å². The van der Waals surface area contributed by atoms with Crippen molar-refractivity contribution < 1.29 is 4.79 Å². The van der Waals surface area contributed by atoms with E-state index in [9.17, 15) is 4.79 Å². The molecule has 0 radical (unpaired) electrons. The predicted octanol–water partition coefficient (Wildman–Crippen LogP) is 1.91. The first kappa shape index (κ1) is 15.7. The number of carbonyl (C=O) groups is 1. The fraction of sp³-hybridized carbons (Fsp3) is 0.444. The second-order valence-corrected chi connectivity index (χ2v) is 6.46. The summed E-state index contributed by atoms with van der Waals surface area (Å²) in [5, 5.41) is 10.7. The number of nitrogens with one attached hydrogen (secondary N) is 2. The van der Waals surface area contributed by atoms with Crippen molar-refractivity contribution in [2.45, 2.75) is 25.8 Å². The average molecular weight is 312 g/mol. The first-order chi connectivity index (χ1) is 11.0. The molecule has 1 aromatic carbocycles. The standard InChI is InChI=1S/C18H24N4O/c1-12-4-6-14(7-5-12)13(2)21-18(23)17-10-19-9-16(17)15-8-20-22(3)11-15/h4-8,11,13,16-17,19H,9-10H2,1-3H3,(H,21,23)/t13?,16-,17+/m1/s1. The lowest BCUT2D eigenvalue weighted by Gasteiger charge is -2.21. The molecule has 0 saturated carbocycles. The third kappa shape index (κ3) is 3.45. The van der Waals surface area contributed by atoms with Crippen LogP contribution in [0.5, 0.6) is 0 Å². The number of aromatic nitrogens is 2. The maximum atomic E-state index is 12.7. The van der Waals surface area contributed by atoms with Gasteiger partial charge < -0.3 is 10.6 Å². The normalized spacial score (nSPS) is 22.0. The summed E-state index contributed by atoms with van der Waals surface area (Å²) in [4.78, 5) is 12.7. The fourth-order valence-corrected chi connectivity index (χ4v) is 3.19. The first-order valence-electron chi connectivity index (χ1n) is 8.11. The lowest BCUT2D eigenvalue weighted by molar-refractivity contribution is -0.125. The molecule has 1 aromatic heterocycles. The number of carbonyl (C=O) groups excluding carboxylic acids is 1. The lowest BCUT2D eigenvalue weighted by atomic mass is 9.90. The van der Waals surface area contributed by atoms with Crippen LogP contribution in [0.4, 0.5) is 0 Å². The van der Waals surface area contributed by atoms with Crippen LogP contribution in [-0.2, 0) is 11.8 Å². The molecular weight excluding hydrogens is 288 g/mol. The molecule has 2 heterocycles. The van der Waals surface area contributed by atoms with Crippen molar-refractivity contribution in [3.05, 3.63) is 53.3 Å². The second kappa shape index (κ2) is 6.54. The van der Waals surface area contributed by atoms with Crippen molar-refractivity contribution in [1.29, 1.82) is 0 Å². The Hall–Kier alpha value is -2.14. The molecule has 1 saturated heterocycles. The summed E-state index contributed by atoms with van der Waals surface area (Å²) in [5.74, 6) is 0.248. The Bertz CT molecular complexity index is 677. The van der Waals surface area contributed by atoms with Crippen molar-refractivity contribution in [2.24, 2.45) is 13.0 Å². The summed E-state index contributed by atoms with van der Waals surface area (Å²) >= 11 is 0. The van der Waals surface area contributed by atoms with E-state index in [1.54, 1.807) is 4.68 Å². The van der Waals surface area contributed by atoms with Crippen LogP contribution in [0.25, 0.3) is 0 Å². The average Bonchev–Trinajstić information content (AvgIpc) is 3.16. The van der Waals surface area contributed by atoms with Crippen LogP contribution < -0.4 is 10.6 Å². The topological polar surface area (TPSA) is 59.0 Å². The van der Waals surface area contributed by atoms with Crippen LogP contribution in [0.1, 0.15) is 35.6 Å². The number of hydrogen-bond acceptors (Lipinski definition) is 3. The van der Waals surface area contributed by atoms with Crippen molar-refractivity contribution in [3.8, 4) is 0 Å². The molecule has 5 nitrogen and oxygen atoms in total.